The highest BCUT2D eigenvalue weighted by Gasteiger charge is 2.29. The summed E-state index contributed by atoms with van der Waals surface area (Å²) >= 11 is 0. The minimum atomic E-state index is -0.863. The molecule has 1 aliphatic rings. The fourth-order valence-corrected chi connectivity index (χ4v) is 2.09. The number of nitrogens with one attached hydrogen (secondary N) is 1. The van der Waals surface area contributed by atoms with Gasteiger partial charge in [-0.25, -0.2) is 0 Å². The van der Waals surface area contributed by atoms with Crippen LogP contribution in [-0.2, 0) is 4.79 Å². The van der Waals surface area contributed by atoms with E-state index in [2.05, 4.69) is 5.32 Å². The Bertz CT molecular complexity index is 467. The Hall–Kier alpha value is -2.10. The van der Waals surface area contributed by atoms with E-state index in [1.165, 1.54) is 0 Å². The smallest absolute Gasteiger partial charge is 0.308 e. The van der Waals surface area contributed by atoms with Crippen molar-refractivity contribution in [2.45, 2.75) is 18.9 Å². The van der Waals surface area contributed by atoms with Crippen molar-refractivity contribution >= 4 is 11.9 Å². The van der Waals surface area contributed by atoms with Crippen molar-refractivity contribution in [3.63, 3.8) is 0 Å². The van der Waals surface area contributed by atoms with Crippen LogP contribution in [0.25, 0.3) is 0 Å². The van der Waals surface area contributed by atoms with E-state index in [4.69, 9.17) is 5.11 Å². The number of carboxylic acids is 1. The summed E-state index contributed by atoms with van der Waals surface area (Å²) < 4.78 is 0. The fraction of sp³-hybridized carbons (Fsp3) is 0.286. The summed E-state index contributed by atoms with van der Waals surface area (Å²) in [5.74, 6) is -1.62. The first-order valence-corrected chi connectivity index (χ1v) is 5.92. The zero-order chi connectivity index (χ0) is 13.0. The van der Waals surface area contributed by atoms with Crippen LogP contribution < -0.4 is 5.32 Å². The molecule has 0 aromatic heterocycles. The van der Waals surface area contributed by atoms with Crippen LogP contribution in [0.4, 0.5) is 0 Å². The number of carbonyl (C=O) groups is 2. The molecule has 1 aliphatic carbocycles. The maximum absolute atomic E-state index is 12.0. The first-order chi connectivity index (χ1) is 8.68. The second-order valence-corrected chi connectivity index (χ2v) is 4.33. The molecule has 4 nitrogen and oxygen atoms in total. The monoisotopic (exact) mass is 245 g/mol. The largest absolute Gasteiger partial charge is 0.481 e. The van der Waals surface area contributed by atoms with Crippen molar-refractivity contribution in [2.24, 2.45) is 5.92 Å². The second kappa shape index (κ2) is 5.49. The van der Waals surface area contributed by atoms with Crippen molar-refractivity contribution in [1.82, 2.24) is 5.32 Å². The van der Waals surface area contributed by atoms with E-state index < -0.39 is 11.9 Å². The Morgan fingerprint density at radius 3 is 2.44 bits per heavy atom. The third-order valence-corrected chi connectivity index (χ3v) is 3.10. The van der Waals surface area contributed by atoms with Gasteiger partial charge < -0.3 is 10.4 Å². The Balaban J connectivity index is 2.06. The zero-order valence-corrected chi connectivity index (χ0v) is 9.87. The molecule has 0 saturated carbocycles. The van der Waals surface area contributed by atoms with Gasteiger partial charge in [-0.2, -0.15) is 0 Å². The highest BCUT2D eigenvalue weighted by Crippen LogP contribution is 2.19. The van der Waals surface area contributed by atoms with E-state index in [0.29, 0.717) is 18.4 Å². The van der Waals surface area contributed by atoms with E-state index >= 15 is 0 Å². The van der Waals surface area contributed by atoms with Crippen LogP contribution in [-0.4, -0.2) is 23.0 Å². The molecular weight excluding hydrogens is 230 g/mol. The van der Waals surface area contributed by atoms with E-state index in [9.17, 15) is 9.59 Å². The average molecular weight is 245 g/mol. The van der Waals surface area contributed by atoms with Gasteiger partial charge in [0, 0.05) is 11.6 Å². The van der Waals surface area contributed by atoms with Gasteiger partial charge in [-0.1, -0.05) is 30.4 Å². The van der Waals surface area contributed by atoms with Crippen molar-refractivity contribution in [3.05, 3.63) is 48.0 Å². The number of aliphatic carboxylic acids is 1. The van der Waals surface area contributed by atoms with Gasteiger partial charge in [0.15, 0.2) is 0 Å². The van der Waals surface area contributed by atoms with Gasteiger partial charge in [-0.05, 0) is 25.0 Å². The van der Waals surface area contributed by atoms with Crippen LogP contribution in [0, 0.1) is 5.92 Å². The molecule has 0 radical (unpaired) electrons. The van der Waals surface area contributed by atoms with Gasteiger partial charge >= 0.3 is 5.97 Å². The summed E-state index contributed by atoms with van der Waals surface area (Å²) in [5.41, 5.74) is 0.552. The molecule has 0 spiro atoms. The minimum absolute atomic E-state index is 0.220. The Morgan fingerprint density at radius 1 is 1.11 bits per heavy atom. The molecule has 1 aromatic rings. The van der Waals surface area contributed by atoms with Crippen molar-refractivity contribution < 1.29 is 14.7 Å². The number of allylic oxidation sites excluding steroid dienone is 1. The standard InChI is InChI=1S/C14H15NO3/c16-13(10-6-2-1-3-7-10)15-12-9-5-4-8-11(12)14(17)18/h1-7,11-12H,8-9H2,(H,15,16)(H,17,18)/t11-,12+/m1/s1. The quantitative estimate of drug-likeness (QED) is 0.798. The predicted octanol–water partition coefficient (Wildman–Crippen LogP) is 1.84. The lowest BCUT2D eigenvalue weighted by atomic mass is 9.89. The molecule has 4 heteroatoms. The first kappa shape index (κ1) is 12.4. The predicted molar refractivity (Wildman–Crippen MR) is 67.2 cm³/mol. The van der Waals surface area contributed by atoms with Gasteiger partial charge in [-0.3, -0.25) is 9.59 Å². The normalized spacial score (nSPS) is 22.4. The van der Waals surface area contributed by atoms with E-state index in [0.717, 1.165) is 0 Å². The third-order valence-electron chi connectivity index (χ3n) is 3.10. The topological polar surface area (TPSA) is 66.4 Å². The number of rotatable bonds is 3. The molecular formula is C14H15NO3. The van der Waals surface area contributed by atoms with Crippen molar-refractivity contribution in [1.29, 1.82) is 0 Å². The van der Waals surface area contributed by atoms with E-state index in [1.54, 1.807) is 24.3 Å². The summed E-state index contributed by atoms with van der Waals surface area (Å²) in [7, 11) is 0. The molecule has 18 heavy (non-hydrogen) atoms. The summed E-state index contributed by atoms with van der Waals surface area (Å²) in [4.78, 5) is 23.1. The SMILES string of the molecule is O=C(N[C@H]1CC=CC[C@H]1C(=O)O)c1ccccc1. The van der Waals surface area contributed by atoms with Crippen LogP contribution in [0.5, 0.6) is 0 Å². The van der Waals surface area contributed by atoms with Crippen molar-refractivity contribution in [3.8, 4) is 0 Å². The number of carbonyl (C=O) groups excluding carboxylic acids is 1. The molecule has 94 valence electrons. The van der Waals surface area contributed by atoms with Crippen LogP contribution >= 0.6 is 0 Å². The van der Waals surface area contributed by atoms with Gasteiger partial charge in [0.05, 0.1) is 5.92 Å². The van der Waals surface area contributed by atoms with E-state index in [-0.39, 0.29) is 11.9 Å². The summed E-state index contributed by atoms with van der Waals surface area (Å²) in [6.45, 7) is 0. The van der Waals surface area contributed by atoms with Gasteiger partial charge in [0.2, 0.25) is 0 Å². The molecule has 0 bridgehead atoms. The Labute approximate surface area is 105 Å². The molecule has 2 rings (SSSR count). The fourth-order valence-electron chi connectivity index (χ4n) is 2.09. The Kier molecular flexibility index (Phi) is 3.77. The number of hydrogen-bond acceptors (Lipinski definition) is 2. The first-order valence-electron chi connectivity index (χ1n) is 5.92. The maximum Gasteiger partial charge on any atom is 0.308 e. The van der Waals surface area contributed by atoms with Crippen LogP contribution in [0.15, 0.2) is 42.5 Å². The molecule has 0 aliphatic heterocycles. The minimum Gasteiger partial charge on any atom is -0.481 e. The zero-order valence-electron chi connectivity index (χ0n) is 9.87. The van der Waals surface area contributed by atoms with Crippen LogP contribution in [0.1, 0.15) is 23.2 Å². The van der Waals surface area contributed by atoms with Gasteiger partial charge in [0.25, 0.3) is 5.91 Å². The highest BCUT2D eigenvalue weighted by atomic mass is 16.4. The second-order valence-electron chi connectivity index (χ2n) is 4.33. The molecule has 1 aromatic carbocycles. The number of amides is 1. The van der Waals surface area contributed by atoms with E-state index in [1.807, 2.05) is 18.2 Å². The van der Waals surface area contributed by atoms with Gasteiger partial charge in [0.1, 0.15) is 0 Å². The molecule has 0 heterocycles. The Morgan fingerprint density at radius 2 is 1.78 bits per heavy atom. The summed E-state index contributed by atoms with van der Waals surface area (Å²) in [6, 6.07) is 8.49. The number of hydrogen-bond donors (Lipinski definition) is 2. The van der Waals surface area contributed by atoms with Gasteiger partial charge in [-0.15, -0.1) is 0 Å². The molecule has 2 N–H and O–H groups in total. The lowest BCUT2D eigenvalue weighted by molar-refractivity contribution is -0.142. The van der Waals surface area contributed by atoms with Crippen LogP contribution in [0.2, 0.25) is 0 Å². The summed E-state index contributed by atoms with van der Waals surface area (Å²) in [5, 5.41) is 11.9. The molecule has 0 saturated heterocycles. The number of benzene rings is 1. The average Bonchev–Trinajstić information content (AvgIpc) is 2.40. The molecule has 0 fully saturated rings. The lowest BCUT2D eigenvalue weighted by Gasteiger charge is -2.26. The number of carboxylic acid groups (broad SMARTS) is 1. The highest BCUT2D eigenvalue weighted by molar-refractivity contribution is 5.94. The molecule has 1 amide bonds. The van der Waals surface area contributed by atoms with Crippen molar-refractivity contribution in [2.75, 3.05) is 0 Å². The third kappa shape index (κ3) is 2.77. The maximum atomic E-state index is 12.0. The summed E-state index contributed by atoms with van der Waals surface area (Å²) in [6.07, 6.45) is 4.80. The molecule has 2 atom stereocenters. The lowest BCUT2D eigenvalue weighted by Crippen LogP contribution is -2.44. The van der Waals surface area contributed by atoms with Crippen LogP contribution in [0.3, 0.4) is 0 Å². The molecule has 0 unspecified atom stereocenters.